The summed E-state index contributed by atoms with van der Waals surface area (Å²) in [6, 6.07) is 8.43. The van der Waals surface area contributed by atoms with Crippen molar-refractivity contribution < 1.29 is 51.1 Å². The minimum absolute atomic E-state index is 0. The number of ether oxygens (including phenoxy) is 3. The topological polar surface area (TPSA) is 141 Å². The van der Waals surface area contributed by atoms with E-state index in [0.717, 1.165) is 26.7 Å². The molecule has 0 amide bonds. The molecule has 445 valence electrons. The van der Waals surface area contributed by atoms with E-state index in [4.69, 9.17) is 140 Å². The molecule has 3 heterocycles. The molecule has 1 fully saturated rings. The van der Waals surface area contributed by atoms with E-state index in [1.165, 1.54) is 50.2 Å². The Hall–Kier alpha value is -3.74. The highest BCUT2D eigenvalue weighted by Crippen LogP contribution is 2.37. The number of aldehydes is 3. The van der Waals surface area contributed by atoms with Gasteiger partial charge >= 0.3 is 7.12 Å². The zero-order valence-corrected chi connectivity index (χ0v) is 54.8. The zero-order valence-electron chi connectivity index (χ0n) is 51.7. The second-order valence-corrected chi connectivity index (χ2v) is 22.5. The maximum Gasteiger partial charge on any atom is 0.495 e. The second kappa shape index (κ2) is 43.4. The third-order valence-electron chi connectivity index (χ3n) is 13.6. The zero-order chi connectivity index (χ0) is 68.8. The molecule has 37 radical (unpaired) electrons. The Morgan fingerprint density at radius 1 is 0.527 bits per heavy atom. The Bertz CT molecular complexity index is 3150. The molecule has 1 aliphatic rings. The number of methoxy groups -OCH3 is 3. The third-order valence-corrected chi connectivity index (χ3v) is 14.8. The van der Waals surface area contributed by atoms with Crippen LogP contribution in [-0.2, 0) is 23.4 Å². The Morgan fingerprint density at radius 2 is 0.879 bits per heavy atom. The third kappa shape index (κ3) is 28.2. The lowest BCUT2D eigenvalue weighted by Gasteiger charge is -2.55. The lowest BCUT2D eigenvalue weighted by atomic mass is 8.68. The van der Waals surface area contributed by atoms with Crippen molar-refractivity contribution in [2.45, 2.75) is 88.9 Å². The smallest absolute Gasteiger partial charge is 0.495 e. The van der Waals surface area contributed by atoms with Crippen molar-refractivity contribution in [1.29, 1.82) is 0 Å². The van der Waals surface area contributed by atoms with Gasteiger partial charge in [0.25, 0.3) is 11.1 Å². The molecule has 2 aromatic heterocycles. The number of aryl methyl sites for hydroxylation is 2. The van der Waals surface area contributed by atoms with E-state index in [1.807, 2.05) is 48.5 Å². The van der Waals surface area contributed by atoms with Crippen molar-refractivity contribution in [2.75, 3.05) is 21.3 Å². The maximum atomic E-state index is 14.0. The molecule has 5 aromatic rings. The molecular weight excluding hydrogens is 1260 g/mol. The molecule has 0 spiro atoms. The van der Waals surface area contributed by atoms with Crippen LogP contribution in [0.15, 0.2) is 67.3 Å². The van der Waals surface area contributed by atoms with Gasteiger partial charge in [0, 0.05) is 52.1 Å². The average molecular weight is 1330 g/mol. The average Bonchev–Trinajstić information content (AvgIpc) is 1.74. The Morgan fingerprint density at radius 3 is 1.21 bits per heavy atom. The number of aromatic nitrogens is 2. The first kappa shape index (κ1) is 93.7. The van der Waals surface area contributed by atoms with E-state index in [1.54, 1.807) is 50.1 Å². The van der Waals surface area contributed by atoms with Gasteiger partial charge in [-0.05, 0) is 211 Å². The first-order valence-corrected chi connectivity index (χ1v) is 27.9. The number of pyridine rings is 2. The van der Waals surface area contributed by atoms with Gasteiger partial charge in [-0.3, -0.25) is 24.0 Å². The first-order valence-electron chi connectivity index (χ1n) is 26.3. The van der Waals surface area contributed by atoms with E-state index in [9.17, 15) is 37.1 Å². The quantitative estimate of drug-likeness (QED) is 0.119. The highest BCUT2D eigenvalue weighted by Gasteiger charge is 2.52. The number of halogens is 5. The number of carbonyl (C=O) groups excluding carboxylic acids is 3. The van der Waals surface area contributed by atoms with Crippen LogP contribution in [0.1, 0.15) is 103 Å². The second-order valence-electron chi connectivity index (χ2n) is 20.7. The summed E-state index contributed by atoms with van der Waals surface area (Å²) in [7, 11) is 84.2. The number of carbonyl (C=O) groups is 3. The van der Waals surface area contributed by atoms with Gasteiger partial charge in [-0.15, -0.1) is 6.39 Å². The van der Waals surface area contributed by atoms with Crippen LogP contribution in [0.5, 0.6) is 17.2 Å². The molecule has 0 N–H and O–H groups in total. The predicted molar refractivity (Wildman–Crippen MR) is 406 cm³/mol. The number of hydrogen-bond acceptors (Lipinski definition) is 10. The van der Waals surface area contributed by atoms with Crippen LogP contribution in [-0.4, -0.2) is 241 Å². The SMILES string of the molecule is C.C.C.COc1cc(-c2cn(C)c(=O)c(C)c2C)cc(F)c1C=O.COc1cc(B2OC(C)(C)C(C)(C)O2)cc(F)c1C=O.COc1cc(Br)cc(F)c1C=O.Cc1c(Br)cn(C)c(=O)c1C.[B]B(B([B-])[B-])B([B-])[B-].[B]B([B])B([B])B([B-])[B-].[B]B([B])B([B])B([B])[B-]. The standard InChI is InChI=1S/C16H16FNO3.C14H18BFO4.C8H6BrFO2.C8H10BrNO.3CH4.3B8/c1-9-10(2)16(20)18(3)7-12(9)11-5-14(17)13(8-19)15(6-11)21-4;1-13(2)14(3,4)20-15(19-13)9-6-11(16)10(8-17)12(7-9)18-5;1-12-8-3-5(9)2-7(10)6(8)4-11;1-5-6(2)8(11)10(3)4-7(5)9;;;;3*1-6(2)8(5)7(3)4/h5-8H,1-4H3;6-8H,1-5H3;2-4H,1H3;4H,1-3H3;3*1H4;;;/q;;;;;;;-4;-2;-1. The molecular formula is C49H62B25Br2F3N2O10-7. The molecule has 1 saturated heterocycles. The lowest BCUT2D eigenvalue weighted by molar-refractivity contribution is 0.00578. The highest BCUT2D eigenvalue weighted by atomic mass is 79.9. The summed E-state index contributed by atoms with van der Waals surface area (Å²) >= 11 is 6.45. The highest BCUT2D eigenvalue weighted by molar-refractivity contribution is 9.10. The van der Waals surface area contributed by atoms with Crippen LogP contribution in [0, 0.1) is 45.1 Å². The van der Waals surface area contributed by atoms with E-state index in [0.29, 0.717) is 39.9 Å². The van der Waals surface area contributed by atoms with Gasteiger partial charge in [-0.2, -0.15) is 0 Å². The minimum Gasteiger partial charge on any atom is -0.729 e. The van der Waals surface area contributed by atoms with Crippen molar-refractivity contribution in [3.05, 3.63) is 135 Å². The normalized spacial score (nSPS) is 11.5. The van der Waals surface area contributed by atoms with Crippen LogP contribution in [0.3, 0.4) is 0 Å². The number of nitrogens with zero attached hydrogens (tertiary/aromatic N) is 2. The van der Waals surface area contributed by atoms with Crippen LogP contribution < -0.4 is 30.8 Å². The van der Waals surface area contributed by atoms with E-state index < -0.39 is 93.2 Å². The minimum atomic E-state index is -0.691. The predicted octanol–water partition coefficient (Wildman–Crippen LogP) is 1.52. The molecule has 12 nitrogen and oxygen atoms in total. The summed E-state index contributed by atoms with van der Waals surface area (Å²) in [5, 5.41) is 0. The fourth-order valence-corrected chi connectivity index (χ4v) is 7.87. The number of benzene rings is 3. The summed E-state index contributed by atoms with van der Waals surface area (Å²) in [6.07, 6.45) is -0.607. The summed E-state index contributed by atoms with van der Waals surface area (Å²) in [6.45, 7) is 15.0. The van der Waals surface area contributed by atoms with Crippen molar-refractivity contribution in [1.82, 2.24) is 9.13 Å². The molecule has 0 bridgehead atoms. The van der Waals surface area contributed by atoms with E-state index in [-0.39, 0.29) is 67.3 Å². The molecule has 1 aliphatic heterocycles. The van der Waals surface area contributed by atoms with E-state index in [2.05, 4.69) is 31.9 Å². The Kier molecular flexibility index (Phi) is 44.6. The molecule has 0 unspecified atom stereocenters. The van der Waals surface area contributed by atoms with Crippen LogP contribution in [0.2, 0.25) is 0 Å². The molecule has 0 aliphatic carbocycles. The van der Waals surface area contributed by atoms with Gasteiger partial charge in [-0.1, -0.05) is 44.6 Å². The molecule has 6 rings (SSSR count). The monoisotopic (exact) mass is 1330 g/mol. The molecule has 0 atom stereocenters. The van der Waals surface area contributed by atoms with Gasteiger partial charge in [0.2, 0.25) is 0 Å². The fraction of sp³-hybridized carbons (Fsp3) is 0.367. The van der Waals surface area contributed by atoms with Gasteiger partial charge in [-0.25, -0.2) is 19.6 Å². The first-order chi connectivity index (χ1) is 40.5. The van der Waals surface area contributed by atoms with Crippen molar-refractivity contribution >= 4 is 237 Å². The van der Waals surface area contributed by atoms with Crippen LogP contribution in [0.25, 0.3) is 11.1 Å². The summed E-state index contributed by atoms with van der Waals surface area (Å²) in [4.78, 5) is 55.3. The Balaban J connectivity index is -0.000000501. The van der Waals surface area contributed by atoms with Crippen LogP contribution >= 0.6 is 31.9 Å². The van der Waals surface area contributed by atoms with Gasteiger partial charge in [0.1, 0.15) is 34.7 Å². The lowest BCUT2D eigenvalue weighted by Crippen LogP contribution is -2.52. The summed E-state index contributed by atoms with van der Waals surface area (Å²) < 4.78 is 72.0. The van der Waals surface area contributed by atoms with Gasteiger partial charge < -0.3 is 106 Å². The summed E-state index contributed by atoms with van der Waals surface area (Å²) in [5.41, 5.74) is 3.68. The largest absolute Gasteiger partial charge is 0.729 e. The fourth-order valence-electron chi connectivity index (χ4n) is 6.85. The van der Waals surface area contributed by atoms with Gasteiger partial charge in [0.05, 0.1) is 49.2 Å². The van der Waals surface area contributed by atoms with Crippen molar-refractivity contribution in [3.8, 4) is 28.4 Å². The maximum absolute atomic E-state index is 14.0. The summed E-state index contributed by atoms with van der Waals surface area (Å²) in [5.74, 6) is -1.31. The molecule has 91 heavy (non-hydrogen) atoms. The molecule has 0 saturated carbocycles. The van der Waals surface area contributed by atoms with Gasteiger partial charge in [0.15, 0.2) is 18.9 Å². The van der Waals surface area contributed by atoms with Crippen LogP contribution in [0.4, 0.5) is 13.2 Å². The number of hydrogen-bond donors (Lipinski definition) is 0. The van der Waals surface area contributed by atoms with Crippen molar-refractivity contribution in [3.63, 3.8) is 0 Å². The molecule has 42 heteroatoms. The molecule has 3 aromatic carbocycles. The van der Waals surface area contributed by atoms with E-state index >= 15 is 0 Å². The number of rotatable bonds is 14. The Labute approximate surface area is 580 Å². The van der Waals surface area contributed by atoms with Crippen molar-refractivity contribution in [2.24, 2.45) is 14.1 Å².